The quantitative estimate of drug-likeness (QED) is 0.596. The van der Waals surface area contributed by atoms with Gasteiger partial charge in [0.2, 0.25) is 0 Å². The van der Waals surface area contributed by atoms with Gasteiger partial charge in [-0.1, -0.05) is 35.9 Å². The zero-order valence-electron chi connectivity index (χ0n) is 15.6. The lowest BCUT2D eigenvalue weighted by Crippen LogP contribution is -2.22. The number of benzene rings is 3. The van der Waals surface area contributed by atoms with E-state index in [1.54, 1.807) is 66.7 Å². The molecule has 0 aliphatic carbocycles. The van der Waals surface area contributed by atoms with Gasteiger partial charge in [0, 0.05) is 5.02 Å². The lowest BCUT2D eigenvalue weighted by Gasteiger charge is -2.13. The minimum absolute atomic E-state index is 0.204. The van der Waals surface area contributed by atoms with Crippen LogP contribution < -0.4 is 20.1 Å². The van der Waals surface area contributed by atoms with Crippen LogP contribution in [0.15, 0.2) is 72.8 Å². The first-order chi connectivity index (χ1) is 14.1. The third-order valence-corrected chi connectivity index (χ3v) is 4.24. The number of carbonyl (C=O) groups is 2. The number of rotatable bonds is 7. The van der Waals surface area contributed by atoms with Crippen molar-refractivity contribution >= 4 is 34.8 Å². The summed E-state index contributed by atoms with van der Waals surface area (Å²) in [5.74, 6) is 0.298. The van der Waals surface area contributed by atoms with Crippen LogP contribution in [0.3, 0.4) is 0 Å². The number of halogens is 1. The average Bonchev–Trinajstić information content (AvgIpc) is 2.74. The molecule has 0 heterocycles. The fraction of sp³-hybridized carbons (Fsp3) is 0.0909. The van der Waals surface area contributed by atoms with Crippen LogP contribution in [0.25, 0.3) is 0 Å². The normalized spacial score (nSPS) is 10.1. The molecule has 0 aliphatic heterocycles. The van der Waals surface area contributed by atoms with Crippen molar-refractivity contribution < 1.29 is 19.1 Å². The van der Waals surface area contributed by atoms with Gasteiger partial charge in [0.05, 0.1) is 24.0 Å². The van der Waals surface area contributed by atoms with Gasteiger partial charge in [-0.3, -0.25) is 9.59 Å². The van der Waals surface area contributed by atoms with E-state index in [0.29, 0.717) is 33.5 Å². The van der Waals surface area contributed by atoms with Gasteiger partial charge in [0.25, 0.3) is 11.8 Å². The maximum Gasteiger partial charge on any atom is 0.262 e. The third-order valence-electron chi connectivity index (χ3n) is 3.98. The predicted molar refractivity (Wildman–Crippen MR) is 113 cm³/mol. The highest BCUT2D eigenvalue weighted by Gasteiger charge is 2.15. The fourth-order valence-electron chi connectivity index (χ4n) is 2.59. The molecule has 148 valence electrons. The predicted octanol–water partition coefficient (Wildman–Crippen LogP) is 4.62. The van der Waals surface area contributed by atoms with Crippen LogP contribution in [0.5, 0.6) is 11.5 Å². The number of amides is 2. The van der Waals surface area contributed by atoms with Crippen molar-refractivity contribution in [3.63, 3.8) is 0 Å². The van der Waals surface area contributed by atoms with Crippen molar-refractivity contribution in [2.45, 2.75) is 0 Å². The van der Waals surface area contributed by atoms with Crippen molar-refractivity contribution in [3.8, 4) is 11.5 Å². The second kappa shape index (κ2) is 9.61. The molecule has 29 heavy (non-hydrogen) atoms. The molecule has 0 fully saturated rings. The topological polar surface area (TPSA) is 76.7 Å². The van der Waals surface area contributed by atoms with Crippen LogP contribution in [-0.4, -0.2) is 25.5 Å². The monoisotopic (exact) mass is 410 g/mol. The molecule has 3 aromatic rings. The molecule has 0 saturated heterocycles. The van der Waals surface area contributed by atoms with Crippen molar-refractivity contribution in [1.82, 2.24) is 0 Å². The van der Waals surface area contributed by atoms with Crippen molar-refractivity contribution in [2.24, 2.45) is 0 Å². The van der Waals surface area contributed by atoms with Gasteiger partial charge in [-0.2, -0.15) is 0 Å². The Labute approximate surface area is 173 Å². The summed E-state index contributed by atoms with van der Waals surface area (Å²) in [6, 6.07) is 20.5. The smallest absolute Gasteiger partial charge is 0.262 e. The maximum absolute atomic E-state index is 12.7. The van der Waals surface area contributed by atoms with Gasteiger partial charge in [-0.25, -0.2) is 0 Å². The molecule has 0 unspecified atom stereocenters. The lowest BCUT2D eigenvalue weighted by atomic mass is 10.1. The van der Waals surface area contributed by atoms with Crippen LogP contribution in [0, 0.1) is 0 Å². The van der Waals surface area contributed by atoms with E-state index in [1.807, 2.05) is 6.07 Å². The van der Waals surface area contributed by atoms with Crippen molar-refractivity contribution in [2.75, 3.05) is 24.4 Å². The van der Waals surface area contributed by atoms with E-state index in [9.17, 15) is 9.59 Å². The first-order valence-electron chi connectivity index (χ1n) is 8.78. The molecule has 6 nitrogen and oxygen atoms in total. The van der Waals surface area contributed by atoms with E-state index in [4.69, 9.17) is 21.1 Å². The summed E-state index contributed by atoms with van der Waals surface area (Å²) in [6.07, 6.45) is 0. The molecule has 0 aromatic heterocycles. The summed E-state index contributed by atoms with van der Waals surface area (Å²) in [5.41, 5.74) is 1.23. The average molecular weight is 411 g/mol. The number of para-hydroxylation sites is 3. The summed E-state index contributed by atoms with van der Waals surface area (Å²) in [6.45, 7) is -0.204. The molecule has 0 bridgehead atoms. The number of hydrogen-bond acceptors (Lipinski definition) is 4. The highest BCUT2D eigenvalue weighted by Crippen LogP contribution is 2.25. The number of hydrogen-bond donors (Lipinski definition) is 2. The highest BCUT2D eigenvalue weighted by molar-refractivity contribution is 6.30. The van der Waals surface area contributed by atoms with Gasteiger partial charge in [-0.05, 0) is 48.5 Å². The van der Waals surface area contributed by atoms with Crippen LogP contribution in [0.2, 0.25) is 5.02 Å². The van der Waals surface area contributed by atoms with Gasteiger partial charge < -0.3 is 20.1 Å². The highest BCUT2D eigenvalue weighted by atomic mass is 35.5. The first-order valence-corrected chi connectivity index (χ1v) is 9.16. The Morgan fingerprint density at radius 2 is 1.52 bits per heavy atom. The Morgan fingerprint density at radius 1 is 0.862 bits per heavy atom. The molecule has 0 saturated carbocycles. The van der Waals surface area contributed by atoms with Gasteiger partial charge in [0.15, 0.2) is 6.61 Å². The van der Waals surface area contributed by atoms with Gasteiger partial charge >= 0.3 is 0 Å². The summed E-state index contributed by atoms with van der Waals surface area (Å²) in [7, 11) is 1.53. The Bertz CT molecular complexity index is 1010. The minimum atomic E-state index is -0.391. The Hall–Kier alpha value is -3.51. The van der Waals surface area contributed by atoms with Crippen LogP contribution >= 0.6 is 11.6 Å². The summed E-state index contributed by atoms with van der Waals surface area (Å²) >= 11 is 5.83. The molecule has 3 rings (SSSR count). The van der Waals surface area contributed by atoms with Crippen LogP contribution in [0.1, 0.15) is 10.4 Å². The summed E-state index contributed by atoms with van der Waals surface area (Å²) in [4.78, 5) is 25.0. The summed E-state index contributed by atoms with van der Waals surface area (Å²) in [5, 5.41) is 6.08. The van der Waals surface area contributed by atoms with Gasteiger partial charge in [0.1, 0.15) is 11.5 Å². The molecule has 0 radical (unpaired) electrons. The zero-order valence-corrected chi connectivity index (χ0v) is 16.4. The first kappa shape index (κ1) is 20.2. The Kier molecular flexibility index (Phi) is 6.71. The van der Waals surface area contributed by atoms with Crippen LogP contribution in [0.4, 0.5) is 11.4 Å². The lowest BCUT2D eigenvalue weighted by molar-refractivity contribution is -0.118. The van der Waals surface area contributed by atoms with Crippen molar-refractivity contribution in [3.05, 3.63) is 83.4 Å². The second-order valence-electron chi connectivity index (χ2n) is 5.99. The van der Waals surface area contributed by atoms with E-state index in [0.717, 1.165) is 0 Å². The van der Waals surface area contributed by atoms with E-state index >= 15 is 0 Å². The van der Waals surface area contributed by atoms with Crippen molar-refractivity contribution in [1.29, 1.82) is 0 Å². The van der Waals surface area contributed by atoms with Gasteiger partial charge in [-0.15, -0.1) is 0 Å². The molecular weight excluding hydrogens is 392 g/mol. The molecular formula is C22H19ClN2O4. The Balaban J connectivity index is 1.67. The molecule has 2 amide bonds. The number of ether oxygens (including phenoxy) is 2. The number of methoxy groups -OCH3 is 1. The molecule has 0 aliphatic rings. The summed E-state index contributed by atoms with van der Waals surface area (Å²) < 4.78 is 10.7. The van der Waals surface area contributed by atoms with E-state index < -0.39 is 5.91 Å². The minimum Gasteiger partial charge on any atom is -0.495 e. The van der Waals surface area contributed by atoms with E-state index in [1.165, 1.54) is 7.11 Å². The molecule has 3 aromatic carbocycles. The number of anilines is 2. The molecule has 7 heteroatoms. The Morgan fingerprint density at radius 3 is 2.24 bits per heavy atom. The molecule has 0 spiro atoms. The number of carbonyl (C=O) groups excluding carboxylic acids is 2. The largest absolute Gasteiger partial charge is 0.495 e. The van der Waals surface area contributed by atoms with Crippen LogP contribution in [-0.2, 0) is 4.79 Å². The maximum atomic E-state index is 12.7. The molecule has 0 atom stereocenters. The zero-order chi connectivity index (χ0) is 20.6. The standard InChI is InChI=1S/C22H19ClN2O4/c1-28-20-9-5-4-8-19(20)25-22(27)17-6-2-3-7-18(17)24-21(26)14-29-16-12-10-15(23)11-13-16/h2-13H,14H2,1H3,(H,24,26)(H,25,27). The SMILES string of the molecule is COc1ccccc1NC(=O)c1ccccc1NC(=O)COc1ccc(Cl)cc1. The second-order valence-corrected chi connectivity index (χ2v) is 6.43. The number of nitrogens with one attached hydrogen (secondary N) is 2. The fourth-order valence-corrected chi connectivity index (χ4v) is 2.72. The molecule has 2 N–H and O–H groups in total. The van der Waals surface area contributed by atoms with E-state index in [-0.39, 0.29) is 12.5 Å². The van der Waals surface area contributed by atoms with E-state index in [2.05, 4.69) is 10.6 Å². The third kappa shape index (κ3) is 5.49.